The van der Waals surface area contributed by atoms with Gasteiger partial charge in [-0.25, -0.2) is 0 Å². The standard InChI is InChI=1S/C13H22O3Si/c1-5-14-17(4,15-6-2)16-12(3)13-10-8-7-9-11-13/h7-12H,5-6H2,1-4H3. The topological polar surface area (TPSA) is 27.7 Å². The van der Waals surface area contributed by atoms with E-state index in [0.29, 0.717) is 13.2 Å². The maximum atomic E-state index is 6.00. The first kappa shape index (κ1) is 14.4. The van der Waals surface area contributed by atoms with Crippen LogP contribution in [0, 0.1) is 0 Å². The summed E-state index contributed by atoms with van der Waals surface area (Å²) in [5.41, 5.74) is 1.14. The quantitative estimate of drug-likeness (QED) is 0.698. The van der Waals surface area contributed by atoms with Crippen molar-refractivity contribution in [2.24, 2.45) is 0 Å². The lowest BCUT2D eigenvalue weighted by Gasteiger charge is -2.28. The Hall–Kier alpha value is -0.683. The summed E-state index contributed by atoms with van der Waals surface area (Å²) >= 11 is 0. The summed E-state index contributed by atoms with van der Waals surface area (Å²) in [6.45, 7) is 9.12. The summed E-state index contributed by atoms with van der Waals surface area (Å²) in [4.78, 5) is 0. The SMILES string of the molecule is CCO[Si](C)(OCC)OC(C)c1ccccc1. The minimum Gasteiger partial charge on any atom is -0.374 e. The van der Waals surface area contributed by atoms with Crippen molar-refractivity contribution in [2.75, 3.05) is 13.2 Å². The van der Waals surface area contributed by atoms with Crippen molar-refractivity contribution in [1.29, 1.82) is 0 Å². The third kappa shape index (κ3) is 4.59. The molecule has 0 fully saturated rings. The molecule has 4 heteroatoms. The fourth-order valence-corrected chi connectivity index (χ4v) is 3.79. The van der Waals surface area contributed by atoms with Crippen LogP contribution in [0.2, 0.25) is 6.55 Å². The molecule has 0 aliphatic heterocycles. The lowest BCUT2D eigenvalue weighted by atomic mass is 10.1. The van der Waals surface area contributed by atoms with Gasteiger partial charge in [-0.15, -0.1) is 0 Å². The molecule has 1 aromatic carbocycles. The molecule has 3 nitrogen and oxygen atoms in total. The number of rotatable bonds is 7. The van der Waals surface area contributed by atoms with Crippen LogP contribution in [0.3, 0.4) is 0 Å². The molecule has 1 aromatic rings. The zero-order valence-corrected chi connectivity index (χ0v) is 12.1. The van der Waals surface area contributed by atoms with Crippen LogP contribution in [0.25, 0.3) is 0 Å². The highest BCUT2D eigenvalue weighted by Gasteiger charge is 2.36. The third-order valence-electron chi connectivity index (χ3n) is 2.47. The molecule has 96 valence electrons. The van der Waals surface area contributed by atoms with Gasteiger partial charge in [0, 0.05) is 19.8 Å². The Labute approximate surface area is 105 Å². The van der Waals surface area contributed by atoms with E-state index < -0.39 is 8.80 Å². The van der Waals surface area contributed by atoms with Crippen LogP contribution in [-0.4, -0.2) is 22.0 Å². The summed E-state index contributed by atoms with van der Waals surface area (Å²) in [5.74, 6) is 0. The zero-order valence-electron chi connectivity index (χ0n) is 11.1. The van der Waals surface area contributed by atoms with Gasteiger partial charge in [0.15, 0.2) is 0 Å². The summed E-state index contributed by atoms with van der Waals surface area (Å²) in [5, 5.41) is 0. The zero-order chi connectivity index (χ0) is 12.7. The molecule has 0 radical (unpaired) electrons. The van der Waals surface area contributed by atoms with Gasteiger partial charge in [-0.1, -0.05) is 30.3 Å². The van der Waals surface area contributed by atoms with Crippen LogP contribution in [-0.2, 0) is 13.3 Å². The fourth-order valence-electron chi connectivity index (χ4n) is 1.75. The Morgan fingerprint density at radius 1 is 1.06 bits per heavy atom. The lowest BCUT2D eigenvalue weighted by Crippen LogP contribution is -2.43. The Morgan fingerprint density at radius 2 is 1.59 bits per heavy atom. The van der Waals surface area contributed by atoms with Crippen LogP contribution < -0.4 is 0 Å². The minimum absolute atomic E-state index is 0.00836. The molecule has 0 N–H and O–H groups in total. The normalized spacial score (nSPS) is 13.6. The minimum atomic E-state index is -2.50. The van der Waals surface area contributed by atoms with Gasteiger partial charge in [0.25, 0.3) is 0 Å². The van der Waals surface area contributed by atoms with E-state index in [1.165, 1.54) is 0 Å². The maximum absolute atomic E-state index is 6.00. The number of benzene rings is 1. The van der Waals surface area contributed by atoms with E-state index in [2.05, 4.69) is 12.1 Å². The molecule has 17 heavy (non-hydrogen) atoms. The molecule has 0 bridgehead atoms. The highest BCUT2D eigenvalue weighted by molar-refractivity contribution is 6.59. The Morgan fingerprint density at radius 3 is 2.06 bits per heavy atom. The predicted octanol–water partition coefficient (Wildman–Crippen LogP) is 3.41. The smallest absolute Gasteiger partial charge is 0.374 e. The molecule has 0 aromatic heterocycles. The second kappa shape index (κ2) is 6.91. The first-order valence-corrected chi connectivity index (χ1v) is 8.34. The van der Waals surface area contributed by atoms with Gasteiger partial charge < -0.3 is 13.3 Å². The molecule has 0 saturated heterocycles. The molecular weight excluding hydrogens is 232 g/mol. The lowest BCUT2D eigenvalue weighted by molar-refractivity contribution is 0.0440. The van der Waals surface area contributed by atoms with Gasteiger partial charge >= 0.3 is 8.80 Å². The van der Waals surface area contributed by atoms with E-state index >= 15 is 0 Å². The van der Waals surface area contributed by atoms with E-state index in [0.717, 1.165) is 5.56 Å². The average molecular weight is 254 g/mol. The van der Waals surface area contributed by atoms with Crippen LogP contribution in [0.5, 0.6) is 0 Å². The van der Waals surface area contributed by atoms with Crippen molar-refractivity contribution in [3.05, 3.63) is 35.9 Å². The van der Waals surface area contributed by atoms with Crippen molar-refractivity contribution in [3.63, 3.8) is 0 Å². The van der Waals surface area contributed by atoms with Crippen LogP contribution in [0.4, 0.5) is 0 Å². The van der Waals surface area contributed by atoms with Crippen LogP contribution in [0.15, 0.2) is 30.3 Å². The molecule has 1 atom stereocenters. The molecule has 0 heterocycles. The van der Waals surface area contributed by atoms with E-state index in [-0.39, 0.29) is 6.10 Å². The Balaban J connectivity index is 2.67. The fraction of sp³-hybridized carbons (Fsp3) is 0.538. The molecule has 0 aliphatic carbocycles. The van der Waals surface area contributed by atoms with Crippen molar-refractivity contribution in [2.45, 2.75) is 33.4 Å². The second-order valence-electron chi connectivity index (χ2n) is 3.90. The number of hydrogen-bond donors (Lipinski definition) is 0. The summed E-state index contributed by atoms with van der Waals surface area (Å²) in [6.07, 6.45) is -0.00836. The molecule has 1 unspecified atom stereocenters. The summed E-state index contributed by atoms with van der Waals surface area (Å²) < 4.78 is 17.3. The van der Waals surface area contributed by atoms with Crippen LogP contribution >= 0.6 is 0 Å². The Bertz CT molecular complexity index is 310. The molecule has 0 saturated carbocycles. The highest BCUT2D eigenvalue weighted by atomic mass is 28.4. The van der Waals surface area contributed by atoms with Gasteiger partial charge in [-0.05, 0) is 26.3 Å². The first-order valence-electron chi connectivity index (χ1n) is 6.12. The van der Waals surface area contributed by atoms with Gasteiger partial charge in [-0.2, -0.15) is 0 Å². The van der Waals surface area contributed by atoms with Crippen molar-refractivity contribution >= 4 is 8.80 Å². The average Bonchev–Trinajstić information content (AvgIpc) is 2.30. The highest BCUT2D eigenvalue weighted by Crippen LogP contribution is 2.22. The predicted molar refractivity (Wildman–Crippen MR) is 70.8 cm³/mol. The molecular formula is C13H22O3Si. The van der Waals surface area contributed by atoms with E-state index in [9.17, 15) is 0 Å². The third-order valence-corrected chi connectivity index (χ3v) is 4.88. The first-order chi connectivity index (χ1) is 8.11. The van der Waals surface area contributed by atoms with E-state index in [1.54, 1.807) is 0 Å². The monoisotopic (exact) mass is 254 g/mol. The molecule has 1 rings (SSSR count). The van der Waals surface area contributed by atoms with Gasteiger partial charge in [0.1, 0.15) is 0 Å². The van der Waals surface area contributed by atoms with Gasteiger partial charge in [0.05, 0.1) is 6.10 Å². The maximum Gasteiger partial charge on any atom is 0.498 e. The van der Waals surface area contributed by atoms with Crippen molar-refractivity contribution < 1.29 is 13.3 Å². The van der Waals surface area contributed by atoms with Crippen molar-refractivity contribution in [1.82, 2.24) is 0 Å². The van der Waals surface area contributed by atoms with Crippen molar-refractivity contribution in [3.8, 4) is 0 Å². The van der Waals surface area contributed by atoms with E-state index in [1.807, 2.05) is 45.5 Å². The summed E-state index contributed by atoms with van der Waals surface area (Å²) in [7, 11) is -2.50. The van der Waals surface area contributed by atoms with Gasteiger partial charge in [-0.3, -0.25) is 0 Å². The Kier molecular flexibility index (Phi) is 5.84. The largest absolute Gasteiger partial charge is 0.498 e. The molecule has 0 aliphatic rings. The number of hydrogen-bond acceptors (Lipinski definition) is 3. The second-order valence-corrected chi connectivity index (χ2v) is 6.44. The van der Waals surface area contributed by atoms with Crippen LogP contribution in [0.1, 0.15) is 32.4 Å². The molecule has 0 spiro atoms. The molecule has 0 amide bonds. The van der Waals surface area contributed by atoms with Gasteiger partial charge in [0.2, 0.25) is 0 Å². The summed E-state index contributed by atoms with van der Waals surface area (Å²) in [6, 6.07) is 10.1. The van der Waals surface area contributed by atoms with E-state index in [4.69, 9.17) is 13.3 Å².